The Hall–Kier alpha value is -3.42. The fraction of sp³-hybridized carbons (Fsp3) is 0.333. The summed E-state index contributed by atoms with van der Waals surface area (Å²) in [4.78, 5) is 26.7. The Morgan fingerprint density at radius 2 is 1.83 bits per heavy atom. The van der Waals surface area contributed by atoms with Crippen molar-refractivity contribution in [3.63, 3.8) is 0 Å². The maximum absolute atomic E-state index is 12.5. The monoisotopic (exact) mass is 398 g/mol. The Bertz CT molecular complexity index is 923. The van der Waals surface area contributed by atoms with Crippen molar-refractivity contribution in [2.45, 2.75) is 6.42 Å². The zero-order valence-electron chi connectivity index (χ0n) is 16.3. The van der Waals surface area contributed by atoms with Crippen LogP contribution in [-0.4, -0.2) is 45.9 Å². The van der Waals surface area contributed by atoms with E-state index in [0.717, 1.165) is 5.69 Å². The number of methoxy groups -OCH3 is 2. The van der Waals surface area contributed by atoms with E-state index in [1.165, 1.54) is 14.2 Å². The van der Waals surface area contributed by atoms with E-state index in [2.05, 4.69) is 5.32 Å². The number of nitrogens with zero attached hydrogens (tertiary/aromatic N) is 1. The summed E-state index contributed by atoms with van der Waals surface area (Å²) in [6.07, 6.45) is 0.371. The van der Waals surface area contributed by atoms with Crippen molar-refractivity contribution >= 4 is 17.5 Å². The van der Waals surface area contributed by atoms with Gasteiger partial charge in [-0.15, -0.1) is 0 Å². The van der Waals surface area contributed by atoms with E-state index in [9.17, 15) is 9.59 Å². The molecule has 2 aliphatic heterocycles. The van der Waals surface area contributed by atoms with Crippen molar-refractivity contribution in [2.24, 2.45) is 5.92 Å². The van der Waals surface area contributed by atoms with Crippen molar-refractivity contribution in [3.05, 3.63) is 42.0 Å². The predicted molar refractivity (Wildman–Crippen MR) is 105 cm³/mol. The van der Waals surface area contributed by atoms with Gasteiger partial charge in [0.05, 0.1) is 14.2 Å². The summed E-state index contributed by atoms with van der Waals surface area (Å²) in [6.45, 7) is 1.11. The van der Waals surface area contributed by atoms with E-state index >= 15 is 0 Å². The van der Waals surface area contributed by atoms with E-state index in [1.807, 2.05) is 12.1 Å². The van der Waals surface area contributed by atoms with Crippen molar-refractivity contribution in [3.8, 4) is 23.0 Å². The number of carbonyl (C=O) groups is 2. The standard InChI is InChI=1S/C21H22N2O6/c1-26-16-6-14(7-17(9-16)27-2)21(25)22-10-13-5-20(24)23(11-13)15-3-4-18-19(8-15)29-12-28-18/h3-4,6-9,13H,5,10-12H2,1-2H3,(H,22,25). The third-order valence-electron chi connectivity index (χ3n) is 5.04. The molecule has 2 amide bonds. The van der Waals surface area contributed by atoms with E-state index in [0.29, 0.717) is 48.1 Å². The van der Waals surface area contributed by atoms with Crippen LogP contribution in [0.15, 0.2) is 36.4 Å². The molecule has 8 heteroatoms. The molecule has 0 aromatic heterocycles. The number of nitrogens with one attached hydrogen (secondary N) is 1. The lowest BCUT2D eigenvalue weighted by Gasteiger charge is -2.17. The number of ether oxygens (including phenoxy) is 4. The lowest BCUT2D eigenvalue weighted by Crippen LogP contribution is -2.31. The van der Waals surface area contributed by atoms with E-state index in [1.54, 1.807) is 29.2 Å². The molecule has 1 N–H and O–H groups in total. The van der Waals surface area contributed by atoms with Gasteiger partial charge in [0.25, 0.3) is 5.91 Å². The van der Waals surface area contributed by atoms with E-state index < -0.39 is 0 Å². The zero-order chi connectivity index (χ0) is 20.4. The van der Waals surface area contributed by atoms with Crippen molar-refractivity contribution in [1.82, 2.24) is 5.32 Å². The fourth-order valence-corrected chi connectivity index (χ4v) is 3.50. The zero-order valence-corrected chi connectivity index (χ0v) is 16.3. The first-order valence-electron chi connectivity index (χ1n) is 9.28. The predicted octanol–water partition coefficient (Wildman–Crippen LogP) is 2.22. The number of carbonyl (C=O) groups excluding carboxylic acids is 2. The molecule has 1 atom stereocenters. The molecule has 2 aromatic carbocycles. The van der Waals surface area contributed by atoms with Gasteiger partial charge in [-0.3, -0.25) is 9.59 Å². The average Bonchev–Trinajstić information content (AvgIpc) is 3.36. The van der Waals surface area contributed by atoms with E-state index in [4.69, 9.17) is 18.9 Å². The van der Waals surface area contributed by atoms with Crippen LogP contribution < -0.4 is 29.2 Å². The molecule has 0 bridgehead atoms. The third-order valence-corrected chi connectivity index (χ3v) is 5.04. The number of benzene rings is 2. The van der Waals surface area contributed by atoms with Crippen LogP contribution in [0.5, 0.6) is 23.0 Å². The lowest BCUT2D eigenvalue weighted by atomic mass is 10.1. The van der Waals surface area contributed by atoms with Gasteiger partial charge in [-0.25, -0.2) is 0 Å². The number of amides is 2. The first-order chi connectivity index (χ1) is 14.1. The third kappa shape index (κ3) is 3.91. The molecule has 29 heavy (non-hydrogen) atoms. The molecule has 4 rings (SSSR count). The average molecular weight is 398 g/mol. The summed E-state index contributed by atoms with van der Waals surface area (Å²) < 4.78 is 21.1. The van der Waals surface area contributed by atoms with Crippen molar-refractivity contribution in [2.75, 3.05) is 39.0 Å². The van der Waals surface area contributed by atoms with Crippen LogP contribution in [-0.2, 0) is 4.79 Å². The van der Waals surface area contributed by atoms with Gasteiger partial charge in [-0.05, 0) is 24.3 Å². The van der Waals surface area contributed by atoms with E-state index in [-0.39, 0.29) is 24.5 Å². The summed E-state index contributed by atoms with van der Waals surface area (Å²) in [5.41, 5.74) is 1.21. The summed E-state index contributed by atoms with van der Waals surface area (Å²) in [5, 5.41) is 2.90. The number of hydrogen-bond acceptors (Lipinski definition) is 6. The molecule has 0 aliphatic carbocycles. The Morgan fingerprint density at radius 1 is 1.10 bits per heavy atom. The molecular weight excluding hydrogens is 376 g/mol. The maximum atomic E-state index is 12.5. The highest BCUT2D eigenvalue weighted by atomic mass is 16.7. The van der Waals surface area contributed by atoms with Gasteiger partial charge in [0.1, 0.15) is 11.5 Å². The molecular formula is C21H22N2O6. The fourth-order valence-electron chi connectivity index (χ4n) is 3.50. The van der Waals surface area contributed by atoms with Crippen LogP contribution in [0.3, 0.4) is 0 Å². The summed E-state index contributed by atoms with van der Waals surface area (Å²) in [7, 11) is 3.07. The SMILES string of the molecule is COc1cc(OC)cc(C(=O)NCC2CC(=O)N(c3ccc4c(c3)OCO4)C2)c1. The van der Waals surface area contributed by atoms with Gasteiger partial charge in [0.2, 0.25) is 12.7 Å². The Balaban J connectivity index is 1.39. The molecule has 1 unspecified atom stereocenters. The molecule has 1 fully saturated rings. The van der Waals surface area contributed by atoms with Crippen LogP contribution >= 0.6 is 0 Å². The molecule has 2 aliphatic rings. The van der Waals surface area contributed by atoms with Crippen LogP contribution in [0.25, 0.3) is 0 Å². The molecule has 1 saturated heterocycles. The summed E-state index contributed by atoms with van der Waals surface area (Å²) >= 11 is 0. The minimum atomic E-state index is -0.240. The van der Waals surface area contributed by atoms with Crippen molar-refractivity contribution < 1.29 is 28.5 Å². The van der Waals surface area contributed by atoms with Crippen molar-refractivity contribution in [1.29, 1.82) is 0 Å². The molecule has 2 aromatic rings. The number of fused-ring (bicyclic) bond motifs is 1. The second kappa shape index (κ2) is 7.90. The van der Waals surface area contributed by atoms with Gasteiger partial charge in [0.15, 0.2) is 11.5 Å². The van der Waals surface area contributed by atoms with Crippen LogP contribution in [0.1, 0.15) is 16.8 Å². The minimum absolute atomic E-state index is 0.0179. The first-order valence-corrected chi connectivity index (χ1v) is 9.28. The lowest BCUT2D eigenvalue weighted by molar-refractivity contribution is -0.117. The molecule has 0 saturated carbocycles. The number of rotatable bonds is 6. The largest absolute Gasteiger partial charge is 0.497 e. The van der Waals surface area contributed by atoms with Gasteiger partial charge in [-0.1, -0.05) is 0 Å². The Kier molecular flexibility index (Phi) is 5.16. The highest BCUT2D eigenvalue weighted by Gasteiger charge is 2.31. The highest BCUT2D eigenvalue weighted by molar-refractivity contribution is 5.97. The first kappa shape index (κ1) is 18.9. The topological polar surface area (TPSA) is 86.3 Å². The maximum Gasteiger partial charge on any atom is 0.251 e. The van der Waals surface area contributed by atoms with Crippen LogP contribution in [0, 0.1) is 5.92 Å². The Morgan fingerprint density at radius 3 is 2.55 bits per heavy atom. The Labute approximate surface area is 168 Å². The van der Waals surface area contributed by atoms with Gasteiger partial charge in [0, 0.05) is 48.8 Å². The molecule has 0 spiro atoms. The van der Waals surface area contributed by atoms with Crippen LogP contribution in [0.2, 0.25) is 0 Å². The molecule has 8 nitrogen and oxygen atoms in total. The second-order valence-electron chi connectivity index (χ2n) is 6.92. The molecule has 0 radical (unpaired) electrons. The van der Waals surface area contributed by atoms with Gasteiger partial charge in [-0.2, -0.15) is 0 Å². The van der Waals surface area contributed by atoms with Crippen LogP contribution in [0.4, 0.5) is 5.69 Å². The number of hydrogen-bond donors (Lipinski definition) is 1. The normalized spacial score (nSPS) is 17.4. The summed E-state index contributed by atoms with van der Waals surface area (Å²) in [5.74, 6) is 2.20. The van der Waals surface area contributed by atoms with Gasteiger partial charge >= 0.3 is 0 Å². The molecule has 2 heterocycles. The molecule has 152 valence electrons. The minimum Gasteiger partial charge on any atom is -0.497 e. The highest BCUT2D eigenvalue weighted by Crippen LogP contribution is 2.37. The summed E-state index contributed by atoms with van der Waals surface area (Å²) in [6, 6.07) is 10.5. The smallest absolute Gasteiger partial charge is 0.251 e. The number of anilines is 1. The quantitative estimate of drug-likeness (QED) is 0.803. The second-order valence-corrected chi connectivity index (χ2v) is 6.92. The van der Waals surface area contributed by atoms with Gasteiger partial charge < -0.3 is 29.2 Å².